The van der Waals surface area contributed by atoms with Gasteiger partial charge in [0.05, 0.1) is 29.6 Å². The largest absolute Gasteiger partial charge is 0.264 e. The molecule has 2 aromatic rings. The molecule has 7 heteroatoms. The average Bonchev–Trinajstić information content (AvgIpc) is 3.35. The van der Waals surface area contributed by atoms with E-state index in [4.69, 9.17) is 0 Å². The van der Waals surface area contributed by atoms with E-state index in [9.17, 15) is 13.7 Å². The zero-order valence-electron chi connectivity index (χ0n) is 14.7. The van der Waals surface area contributed by atoms with Crippen LogP contribution in [0.2, 0.25) is 0 Å². The predicted octanol–water partition coefficient (Wildman–Crippen LogP) is 2.59. The van der Waals surface area contributed by atoms with E-state index in [2.05, 4.69) is 11.2 Å². The SMILES string of the molecule is CCN(C1CC1)S(=O)(=O)c1c(C)nn(Cc2ccccc2C#N)c1C. The van der Waals surface area contributed by atoms with Crippen LogP contribution in [0.1, 0.15) is 42.3 Å². The molecule has 25 heavy (non-hydrogen) atoms. The zero-order chi connectivity index (χ0) is 18.2. The Morgan fingerprint density at radius 2 is 2.00 bits per heavy atom. The number of benzene rings is 1. The van der Waals surface area contributed by atoms with Gasteiger partial charge in [0.2, 0.25) is 10.0 Å². The van der Waals surface area contributed by atoms with Crippen LogP contribution in [0.3, 0.4) is 0 Å². The number of rotatable bonds is 6. The summed E-state index contributed by atoms with van der Waals surface area (Å²) in [5, 5.41) is 13.7. The van der Waals surface area contributed by atoms with Crippen LogP contribution < -0.4 is 0 Å². The van der Waals surface area contributed by atoms with Crippen molar-refractivity contribution in [3.8, 4) is 6.07 Å². The third-order valence-electron chi connectivity index (χ3n) is 4.61. The highest BCUT2D eigenvalue weighted by atomic mass is 32.2. The summed E-state index contributed by atoms with van der Waals surface area (Å²) in [5.74, 6) is 0. The van der Waals surface area contributed by atoms with E-state index >= 15 is 0 Å². The Labute approximate surface area is 148 Å². The first-order valence-electron chi connectivity index (χ1n) is 8.44. The molecule has 1 fully saturated rings. The lowest BCUT2D eigenvalue weighted by Gasteiger charge is -2.20. The van der Waals surface area contributed by atoms with Gasteiger partial charge >= 0.3 is 0 Å². The standard InChI is InChI=1S/C18H22N4O2S/c1-4-22(17-9-10-17)25(23,24)18-13(2)20-21(14(18)3)12-16-8-6-5-7-15(16)11-19/h5-8,17H,4,9-10,12H2,1-3H3. The van der Waals surface area contributed by atoms with Gasteiger partial charge in [-0.05, 0) is 38.3 Å². The van der Waals surface area contributed by atoms with E-state index in [0.717, 1.165) is 18.4 Å². The molecule has 1 aromatic heterocycles. The van der Waals surface area contributed by atoms with E-state index < -0.39 is 10.0 Å². The highest BCUT2D eigenvalue weighted by Crippen LogP contribution is 2.33. The zero-order valence-corrected chi connectivity index (χ0v) is 15.5. The van der Waals surface area contributed by atoms with Gasteiger partial charge in [0.1, 0.15) is 4.90 Å². The van der Waals surface area contributed by atoms with Gasteiger partial charge in [0.25, 0.3) is 0 Å². The lowest BCUT2D eigenvalue weighted by atomic mass is 10.1. The van der Waals surface area contributed by atoms with Gasteiger partial charge in [-0.2, -0.15) is 14.7 Å². The molecular weight excluding hydrogens is 336 g/mol. The van der Waals surface area contributed by atoms with E-state index in [-0.39, 0.29) is 6.04 Å². The summed E-state index contributed by atoms with van der Waals surface area (Å²) in [6.07, 6.45) is 1.85. The third-order valence-corrected chi connectivity index (χ3v) is 6.89. The summed E-state index contributed by atoms with van der Waals surface area (Å²) >= 11 is 0. The van der Waals surface area contributed by atoms with Gasteiger partial charge in [-0.3, -0.25) is 4.68 Å². The fraction of sp³-hybridized carbons (Fsp3) is 0.444. The summed E-state index contributed by atoms with van der Waals surface area (Å²) < 4.78 is 29.5. The first-order chi connectivity index (χ1) is 11.9. The summed E-state index contributed by atoms with van der Waals surface area (Å²) in [4.78, 5) is 0.302. The third kappa shape index (κ3) is 3.20. The normalized spacial score (nSPS) is 14.7. The van der Waals surface area contributed by atoms with Crippen molar-refractivity contribution in [2.24, 2.45) is 0 Å². The Bertz CT molecular complexity index is 936. The molecule has 1 aliphatic carbocycles. The van der Waals surface area contributed by atoms with Crippen LogP contribution >= 0.6 is 0 Å². The van der Waals surface area contributed by atoms with E-state index in [0.29, 0.717) is 34.9 Å². The lowest BCUT2D eigenvalue weighted by molar-refractivity contribution is 0.420. The summed E-state index contributed by atoms with van der Waals surface area (Å²) in [7, 11) is -3.55. The molecule has 0 aliphatic heterocycles. The molecule has 1 saturated carbocycles. The van der Waals surface area contributed by atoms with Crippen molar-refractivity contribution in [3.63, 3.8) is 0 Å². The number of nitriles is 1. The number of hydrogen-bond donors (Lipinski definition) is 0. The van der Waals surface area contributed by atoms with E-state index in [1.165, 1.54) is 0 Å². The van der Waals surface area contributed by atoms with Crippen molar-refractivity contribution in [3.05, 3.63) is 46.8 Å². The molecule has 3 rings (SSSR count). The Balaban J connectivity index is 2.00. The molecule has 1 aromatic carbocycles. The monoisotopic (exact) mass is 358 g/mol. The Kier molecular flexibility index (Phi) is 4.67. The van der Waals surface area contributed by atoms with E-state index in [1.54, 1.807) is 28.9 Å². The van der Waals surface area contributed by atoms with Crippen LogP contribution in [0.5, 0.6) is 0 Å². The molecule has 132 valence electrons. The Morgan fingerprint density at radius 1 is 1.32 bits per heavy atom. The first kappa shape index (κ1) is 17.6. The number of sulfonamides is 1. The average molecular weight is 358 g/mol. The maximum Gasteiger partial charge on any atom is 0.246 e. The minimum atomic E-state index is -3.55. The second-order valence-corrected chi connectivity index (χ2v) is 8.19. The summed E-state index contributed by atoms with van der Waals surface area (Å²) in [5.41, 5.74) is 2.53. The minimum absolute atomic E-state index is 0.122. The van der Waals surface area contributed by atoms with Crippen molar-refractivity contribution in [2.45, 2.75) is 51.1 Å². The molecule has 0 unspecified atom stereocenters. The van der Waals surface area contributed by atoms with Crippen molar-refractivity contribution in [1.29, 1.82) is 5.26 Å². The summed E-state index contributed by atoms with van der Waals surface area (Å²) in [6.45, 7) is 6.22. The molecule has 0 N–H and O–H groups in total. The van der Waals surface area contributed by atoms with Crippen molar-refractivity contribution < 1.29 is 8.42 Å². The number of nitrogens with zero attached hydrogens (tertiary/aromatic N) is 4. The number of aromatic nitrogens is 2. The fourth-order valence-corrected chi connectivity index (χ4v) is 5.31. The van der Waals surface area contributed by atoms with Crippen molar-refractivity contribution in [2.75, 3.05) is 6.54 Å². The smallest absolute Gasteiger partial charge is 0.246 e. The predicted molar refractivity (Wildman–Crippen MR) is 94.5 cm³/mol. The van der Waals surface area contributed by atoms with Crippen molar-refractivity contribution >= 4 is 10.0 Å². The maximum absolute atomic E-state index is 13.1. The topological polar surface area (TPSA) is 79.0 Å². The molecular formula is C18H22N4O2S. The fourth-order valence-electron chi connectivity index (χ4n) is 3.24. The van der Waals surface area contributed by atoms with Gasteiger partial charge in [0, 0.05) is 12.6 Å². The van der Waals surface area contributed by atoms with Crippen LogP contribution in [0.15, 0.2) is 29.2 Å². The van der Waals surface area contributed by atoms with Gasteiger partial charge in [0.15, 0.2) is 0 Å². The molecule has 6 nitrogen and oxygen atoms in total. The van der Waals surface area contributed by atoms with Gasteiger partial charge < -0.3 is 0 Å². The van der Waals surface area contributed by atoms with Crippen LogP contribution in [0.4, 0.5) is 0 Å². The van der Waals surface area contributed by atoms with Crippen LogP contribution in [0.25, 0.3) is 0 Å². The van der Waals surface area contributed by atoms with Gasteiger partial charge in [-0.1, -0.05) is 25.1 Å². The van der Waals surface area contributed by atoms with Crippen LogP contribution in [-0.4, -0.2) is 35.1 Å². The van der Waals surface area contributed by atoms with E-state index in [1.807, 2.05) is 25.1 Å². The van der Waals surface area contributed by atoms with Gasteiger partial charge in [-0.15, -0.1) is 0 Å². The second-order valence-electron chi connectivity index (χ2n) is 6.37. The molecule has 0 amide bonds. The number of hydrogen-bond acceptors (Lipinski definition) is 4. The highest BCUT2D eigenvalue weighted by molar-refractivity contribution is 7.89. The maximum atomic E-state index is 13.1. The number of aryl methyl sites for hydroxylation is 1. The molecule has 1 heterocycles. The molecule has 0 saturated heterocycles. The van der Waals surface area contributed by atoms with Crippen LogP contribution in [0, 0.1) is 25.2 Å². The molecule has 0 atom stereocenters. The Hall–Kier alpha value is -2.17. The van der Waals surface area contributed by atoms with Crippen LogP contribution in [-0.2, 0) is 16.6 Å². The minimum Gasteiger partial charge on any atom is -0.264 e. The highest BCUT2D eigenvalue weighted by Gasteiger charge is 2.39. The van der Waals surface area contributed by atoms with Gasteiger partial charge in [-0.25, -0.2) is 8.42 Å². The van der Waals surface area contributed by atoms with Crippen molar-refractivity contribution in [1.82, 2.24) is 14.1 Å². The molecule has 0 spiro atoms. The lowest BCUT2D eigenvalue weighted by Crippen LogP contribution is -2.33. The Morgan fingerprint density at radius 3 is 2.60 bits per heavy atom. The summed E-state index contributed by atoms with van der Waals surface area (Å²) in [6, 6.07) is 9.59. The quantitative estimate of drug-likeness (QED) is 0.795. The first-order valence-corrected chi connectivity index (χ1v) is 9.88. The molecule has 0 bridgehead atoms. The molecule has 0 radical (unpaired) electrons. The second kappa shape index (κ2) is 6.62. The molecule has 1 aliphatic rings.